The number of hydrogen-bond donors (Lipinski definition) is 0. The van der Waals surface area contributed by atoms with E-state index in [0.29, 0.717) is 0 Å². The van der Waals surface area contributed by atoms with Gasteiger partial charge in [0.1, 0.15) is 11.3 Å². The summed E-state index contributed by atoms with van der Waals surface area (Å²) in [5.74, 6) is 0. The molecule has 0 aliphatic rings. The zero-order valence-electron chi connectivity index (χ0n) is 33.6. The highest BCUT2D eigenvalue weighted by atomic mass is 15.1. The van der Waals surface area contributed by atoms with Crippen molar-refractivity contribution in [3.8, 4) is 50.7 Å². The van der Waals surface area contributed by atoms with Gasteiger partial charge in [-0.05, 0) is 84.9 Å². The maximum Gasteiger partial charge on any atom is 0.137 e. The van der Waals surface area contributed by atoms with Gasteiger partial charge in [0.25, 0.3) is 0 Å². The lowest BCUT2D eigenvalue weighted by molar-refractivity contribution is 1.18. The van der Waals surface area contributed by atoms with Crippen molar-refractivity contribution in [1.29, 1.82) is 0 Å². The average molecular weight is 795 g/mol. The number of pyridine rings is 2. The van der Waals surface area contributed by atoms with Gasteiger partial charge in [0.2, 0.25) is 0 Å². The Morgan fingerprint density at radius 3 is 1.34 bits per heavy atom. The molecule has 0 amide bonds. The van der Waals surface area contributed by atoms with E-state index in [1.54, 1.807) is 0 Å². The topological polar surface area (TPSA) is 42.8 Å². The van der Waals surface area contributed by atoms with Crippen LogP contribution in [0.15, 0.2) is 231 Å². The summed E-state index contributed by atoms with van der Waals surface area (Å²) in [4.78, 5) is 12.6. The van der Waals surface area contributed by atoms with Crippen LogP contribution in [0.1, 0.15) is 0 Å². The first-order chi connectivity index (χ1) is 30.8. The summed E-state index contributed by atoms with van der Waals surface area (Å²) in [6, 6.07) is 77.3. The quantitative estimate of drug-likeness (QED) is 0.154. The molecule has 0 radical (unpaired) electrons. The molecule has 6 heteroatoms. The fraction of sp³-hybridized carbons (Fsp3) is 0. The van der Waals surface area contributed by atoms with E-state index in [1.807, 2.05) is 24.3 Å². The van der Waals surface area contributed by atoms with Crippen molar-refractivity contribution < 1.29 is 0 Å². The third kappa shape index (κ3) is 5.88. The molecule has 0 saturated heterocycles. The zero-order chi connectivity index (χ0) is 41.0. The Hall–Kier alpha value is -8.48. The van der Waals surface area contributed by atoms with Crippen LogP contribution in [-0.4, -0.2) is 23.3 Å². The number of imidazole rings is 2. The van der Waals surface area contributed by atoms with Crippen molar-refractivity contribution in [2.45, 2.75) is 0 Å². The highest BCUT2D eigenvalue weighted by Crippen LogP contribution is 2.42. The zero-order valence-corrected chi connectivity index (χ0v) is 33.6. The molecule has 12 aromatic rings. The van der Waals surface area contributed by atoms with E-state index >= 15 is 0 Å². The summed E-state index contributed by atoms with van der Waals surface area (Å²) in [5, 5.41) is 2.40. The normalized spacial score (nSPS) is 11.5. The van der Waals surface area contributed by atoms with Gasteiger partial charge in [-0.1, -0.05) is 133 Å². The first-order valence-electron chi connectivity index (χ1n) is 20.9. The Labute approximate surface area is 358 Å². The van der Waals surface area contributed by atoms with Crippen LogP contribution in [0, 0.1) is 0 Å². The molecule has 0 spiro atoms. The van der Waals surface area contributed by atoms with Gasteiger partial charge in [0, 0.05) is 68.2 Å². The van der Waals surface area contributed by atoms with Crippen LogP contribution in [0.3, 0.4) is 0 Å². The summed E-state index contributed by atoms with van der Waals surface area (Å²) in [6.07, 6.45) is 4.19. The SMILES string of the molecule is c1ccc(-c2nc3ccccn3c2-c2ccc(N(c3ccc(-c4c(-c5ccccc5)nc5ccccn45)cc3)c3ccc4c(c3)c3ccccc3n4-c3ccccc3)cc2)cc1. The third-order valence-electron chi connectivity index (χ3n) is 11.9. The minimum Gasteiger partial charge on any atom is -0.310 e. The standard InChI is InChI=1S/C56H38N6/c1-4-16-39(17-5-1)53-55(59-36-14-12-24-51(59)57-53)41-26-30-44(31-27-41)61(46-34-35-50-48(38-46)47-22-10-11-23-49(47)62(50)43-20-8-3-9-21-43)45-32-28-42(29-33-45)56-54(40-18-6-2-7-19-40)58-52-25-13-15-37-60(52)56/h1-38H. The van der Waals surface area contributed by atoms with E-state index < -0.39 is 0 Å². The largest absolute Gasteiger partial charge is 0.310 e. The van der Waals surface area contributed by atoms with Crippen molar-refractivity contribution in [3.63, 3.8) is 0 Å². The van der Waals surface area contributed by atoms with E-state index in [1.165, 1.54) is 16.3 Å². The Balaban J connectivity index is 1.03. The van der Waals surface area contributed by atoms with Crippen molar-refractivity contribution in [2.75, 3.05) is 4.90 Å². The number of anilines is 3. The molecule has 0 fully saturated rings. The smallest absolute Gasteiger partial charge is 0.137 e. The molecule has 6 nitrogen and oxygen atoms in total. The van der Waals surface area contributed by atoms with E-state index in [2.05, 4.69) is 225 Å². The minimum atomic E-state index is 0.913. The molecule has 0 atom stereocenters. The van der Waals surface area contributed by atoms with Crippen LogP contribution in [0.25, 0.3) is 83.8 Å². The summed E-state index contributed by atoms with van der Waals surface area (Å²) in [5.41, 5.74) is 16.8. The van der Waals surface area contributed by atoms with Crippen LogP contribution in [-0.2, 0) is 0 Å². The molecular formula is C56H38N6. The Bertz CT molecular complexity index is 3390. The van der Waals surface area contributed by atoms with Gasteiger partial charge >= 0.3 is 0 Å². The summed E-state index contributed by atoms with van der Waals surface area (Å²) >= 11 is 0. The molecule has 0 N–H and O–H groups in total. The van der Waals surface area contributed by atoms with Crippen LogP contribution in [0.4, 0.5) is 17.1 Å². The summed E-state index contributed by atoms with van der Waals surface area (Å²) < 4.78 is 6.74. The van der Waals surface area contributed by atoms with E-state index in [0.717, 1.165) is 84.6 Å². The number of para-hydroxylation sites is 2. The second kappa shape index (κ2) is 14.7. The van der Waals surface area contributed by atoms with Crippen molar-refractivity contribution >= 4 is 50.2 Å². The van der Waals surface area contributed by atoms with Gasteiger partial charge < -0.3 is 9.47 Å². The van der Waals surface area contributed by atoms with Crippen LogP contribution in [0.2, 0.25) is 0 Å². The number of hydrogen-bond acceptors (Lipinski definition) is 3. The predicted molar refractivity (Wildman–Crippen MR) is 255 cm³/mol. The van der Waals surface area contributed by atoms with Gasteiger partial charge in [-0.2, -0.15) is 0 Å². The molecule has 62 heavy (non-hydrogen) atoms. The third-order valence-corrected chi connectivity index (χ3v) is 11.9. The van der Waals surface area contributed by atoms with Crippen molar-refractivity contribution in [1.82, 2.24) is 23.3 Å². The number of aromatic nitrogens is 5. The summed E-state index contributed by atoms with van der Waals surface area (Å²) in [7, 11) is 0. The maximum atomic E-state index is 5.11. The number of benzene rings is 7. The molecule has 292 valence electrons. The van der Waals surface area contributed by atoms with Crippen LogP contribution < -0.4 is 4.90 Å². The van der Waals surface area contributed by atoms with Gasteiger partial charge in [-0.25, -0.2) is 9.97 Å². The molecule has 5 heterocycles. The van der Waals surface area contributed by atoms with Crippen LogP contribution >= 0.6 is 0 Å². The molecule has 12 rings (SSSR count). The second-order valence-electron chi connectivity index (χ2n) is 15.5. The van der Waals surface area contributed by atoms with Gasteiger partial charge in [0.15, 0.2) is 0 Å². The average Bonchev–Trinajstić information content (AvgIpc) is 4.03. The van der Waals surface area contributed by atoms with E-state index in [9.17, 15) is 0 Å². The first-order valence-corrected chi connectivity index (χ1v) is 20.9. The molecule has 0 saturated carbocycles. The van der Waals surface area contributed by atoms with E-state index in [-0.39, 0.29) is 0 Å². The number of nitrogens with zero attached hydrogens (tertiary/aromatic N) is 6. The Morgan fingerprint density at radius 2 is 0.790 bits per heavy atom. The van der Waals surface area contributed by atoms with Crippen LogP contribution in [0.5, 0.6) is 0 Å². The molecule has 0 unspecified atom stereocenters. The highest BCUT2D eigenvalue weighted by molar-refractivity contribution is 6.10. The molecule has 7 aromatic carbocycles. The number of fused-ring (bicyclic) bond motifs is 5. The molecule has 0 bridgehead atoms. The molecule has 5 aromatic heterocycles. The maximum absolute atomic E-state index is 5.11. The Kier molecular flexibility index (Phi) is 8.38. The Morgan fingerprint density at radius 1 is 0.339 bits per heavy atom. The fourth-order valence-corrected chi connectivity index (χ4v) is 9.08. The fourth-order valence-electron chi connectivity index (χ4n) is 9.08. The molecular weight excluding hydrogens is 757 g/mol. The monoisotopic (exact) mass is 794 g/mol. The lowest BCUT2D eigenvalue weighted by Gasteiger charge is -2.26. The minimum absolute atomic E-state index is 0.913. The molecule has 0 aliphatic carbocycles. The lowest BCUT2D eigenvalue weighted by atomic mass is 10.0. The predicted octanol–water partition coefficient (Wildman–Crippen LogP) is 14.2. The molecule has 0 aliphatic heterocycles. The first kappa shape index (κ1) is 35.5. The van der Waals surface area contributed by atoms with Crippen molar-refractivity contribution in [3.05, 3.63) is 231 Å². The van der Waals surface area contributed by atoms with Gasteiger partial charge in [-0.3, -0.25) is 8.80 Å². The van der Waals surface area contributed by atoms with E-state index in [4.69, 9.17) is 9.97 Å². The number of rotatable bonds is 8. The highest BCUT2D eigenvalue weighted by Gasteiger charge is 2.21. The second-order valence-corrected chi connectivity index (χ2v) is 15.5. The van der Waals surface area contributed by atoms with Crippen molar-refractivity contribution in [2.24, 2.45) is 0 Å². The van der Waals surface area contributed by atoms with Gasteiger partial charge in [-0.15, -0.1) is 0 Å². The summed E-state index contributed by atoms with van der Waals surface area (Å²) in [6.45, 7) is 0. The van der Waals surface area contributed by atoms with Gasteiger partial charge in [0.05, 0.1) is 33.8 Å². The lowest BCUT2D eigenvalue weighted by Crippen LogP contribution is -2.10.